The van der Waals surface area contributed by atoms with Gasteiger partial charge in [-0.1, -0.05) is 30.3 Å². The first-order valence-corrected chi connectivity index (χ1v) is 7.79. The highest BCUT2D eigenvalue weighted by Crippen LogP contribution is 2.21. The van der Waals surface area contributed by atoms with E-state index in [0.29, 0.717) is 13.2 Å². The summed E-state index contributed by atoms with van der Waals surface area (Å²) in [6.45, 7) is 1.25. The van der Waals surface area contributed by atoms with Crippen LogP contribution in [0.1, 0.15) is 24.3 Å². The van der Waals surface area contributed by atoms with Gasteiger partial charge in [0.05, 0.1) is 5.92 Å². The maximum Gasteiger partial charge on any atom is 0.311 e. The average Bonchev–Trinajstić information content (AvgIpc) is 2.46. The summed E-state index contributed by atoms with van der Waals surface area (Å²) in [5.41, 5.74) is 0.718. The van der Waals surface area contributed by atoms with Gasteiger partial charge in [0.25, 0.3) is 0 Å². The molecule has 0 aromatic heterocycles. The molecule has 0 amide bonds. The Morgan fingerprint density at radius 1 is 1.32 bits per heavy atom. The van der Waals surface area contributed by atoms with Crippen LogP contribution in [0.3, 0.4) is 0 Å². The molecule has 0 saturated carbocycles. The average molecular weight is 282 g/mol. The van der Waals surface area contributed by atoms with Crippen LogP contribution in [0.4, 0.5) is 0 Å². The number of aliphatic carboxylic acids is 1. The molecule has 0 aliphatic carbocycles. The summed E-state index contributed by atoms with van der Waals surface area (Å²) in [5, 5.41) is 9.38. The highest BCUT2D eigenvalue weighted by atomic mass is 32.2. The van der Waals surface area contributed by atoms with Crippen LogP contribution in [0, 0.1) is 0 Å². The Bertz CT molecular complexity index is 440. The smallest absolute Gasteiger partial charge is 0.311 e. The van der Waals surface area contributed by atoms with Crippen LogP contribution in [-0.2, 0) is 20.3 Å². The van der Waals surface area contributed by atoms with Crippen molar-refractivity contribution in [1.82, 2.24) is 0 Å². The zero-order valence-electron chi connectivity index (χ0n) is 10.7. The molecule has 19 heavy (non-hydrogen) atoms. The Kier molecular flexibility index (Phi) is 5.10. The van der Waals surface area contributed by atoms with E-state index in [1.54, 1.807) is 12.1 Å². The van der Waals surface area contributed by atoms with Gasteiger partial charge < -0.3 is 9.84 Å². The fraction of sp³-hybridized carbons (Fsp3) is 0.500. The number of ether oxygens (including phenoxy) is 1. The monoisotopic (exact) mass is 282 g/mol. The Morgan fingerprint density at radius 2 is 1.95 bits per heavy atom. The fourth-order valence-corrected chi connectivity index (χ4v) is 3.89. The first-order valence-electron chi connectivity index (χ1n) is 6.41. The zero-order valence-corrected chi connectivity index (χ0v) is 11.5. The van der Waals surface area contributed by atoms with E-state index in [1.165, 1.54) is 0 Å². The minimum absolute atomic E-state index is 0.0688. The van der Waals surface area contributed by atoms with Crippen molar-refractivity contribution in [3.05, 3.63) is 35.9 Å². The van der Waals surface area contributed by atoms with E-state index in [-0.39, 0.29) is 11.0 Å². The van der Waals surface area contributed by atoms with Gasteiger partial charge >= 0.3 is 5.97 Å². The van der Waals surface area contributed by atoms with Gasteiger partial charge in [-0.3, -0.25) is 9.00 Å². The third-order valence-corrected chi connectivity index (χ3v) is 5.25. The second-order valence-electron chi connectivity index (χ2n) is 4.66. The molecule has 4 nitrogen and oxygen atoms in total. The van der Waals surface area contributed by atoms with Crippen molar-refractivity contribution in [2.24, 2.45) is 0 Å². The number of carboxylic acid groups (broad SMARTS) is 1. The lowest BCUT2D eigenvalue weighted by molar-refractivity contribution is -0.138. The molecule has 1 aliphatic rings. The SMILES string of the molecule is O=C(O)C(CS(=O)C1CCOCC1)c1ccccc1. The molecular formula is C14H18O4S. The zero-order chi connectivity index (χ0) is 13.7. The van der Waals surface area contributed by atoms with Gasteiger partial charge in [0.2, 0.25) is 0 Å². The quantitative estimate of drug-likeness (QED) is 0.894. The van der Waals surface area contributed by atoms with E-state index in [2.05, 4.69) is 0 Å². The van der Waals surface area contributed by atoms with Gasteiger partial charge in [-0.05, 0) is 18.4 Å². The van der Waals surface area contributed by atoms with E-state index in [9.17, 15) is 14.1 Å². The molecule has 5 heteroatoms. The molecule has 1 heterocycles. The number of carboxylic acids is 1. The van der Waals surface area contributed by atoms with Crippen molar-refractivity contribution in [3.8, 4) is 0 Å². The second-order valence-corrected chi connectivity index (χ2v) is 6.42. The molecule has 104 valence electrons. The highest BCUT2D eigenvalue weighted by Gasteiger charge is 2.27. The third-order valence-electron chi connectivity index (χ3n) is 3.37. The lowest BCUT2D eigenvalue weighted by Crippen LogP contribution is -2.30. The molecule has 1 N–H and O–H groups in total. The standard InChI is InChI=1S/C14H18O4S/c15-14(16)13(11-4-2-1-3-5-11)10-19(17)12-6-8-18-9-7-12/h1-5,12-13H,6-10H2,(H,15,16). The maximum absolute atomic E-state index is 12.3. The van der Waals surface area contributed by atoms with Gasteiger partial charge in [-0.25, -0.2) is 0 Å². The number of hydrogen-bond acceptors (Lipinski definition) is 3. The first-order chi connectivity index (χ1) is 9.18. The van der Waals surface area contributed by atoms with Crippen LogP contribution in [0.25, 0.3) is 0 Å². The highest BCUT2D eigenvalue weighted by molar-refractivity contribution is 7.85. The summed E-state index contributed by atoms with van der Waals surface area (Å²) in [4.78, 5) is 11.4. The van der Waals surface area contributed by atoms with Gasteiger partial charge in [0.15, 0.2) is 0 Å². The molecule has 2 unspecified atom stereocenters. The van der Waals surface area contributed by atoms with E-state index < -0.39 is 22.7 Å². The number of rotatable bonds is 5. The predicted molar refractivity (Wildman–Crippen MR) is 73.7 cm³/mol. The number of carbonyl (C=O) groups is 1. The van der Waals surface area contributed by atoms with Crippen molar-refractivity contribution in [2.45, 2.75) is 24.0 Å². The van der Waals surface area contributed by atoms with E-state index in [4.69, 9.17) is 4.74 Å². The third kappa shape index (κ3) is 3.88. The molecule has 0 spiro atoms. The molecule has 1 saturated heterocycles. The Hall–Kier alpha value is -1.20. The molecule has 2 atom stereocenters. The minimum Gasteiger partial charge on any atom is -0.481 e. The number of hydrogen-bond donors (Lipinski definition) is 1. The minimum atomic E-state index is -1.12. The van der Waals surface area contributed by atoms with Gasteiger partial charge in [0.1, 0.15) is 0 Å². The lowest BCUT2D eigenvalue weighted by atomic mass is 10.0. The molecule has 1 fully saturated rings. The summed E-state index contributed by atoms with van der Waals surface area (Å²) in [7, 11) is -1.12. The summed E-state index contributed by atoms with van der Waals surface area (Å²) < 4.78 is 17.5. The van der Waals surface area contributed by atoms with E-state index >= 15 is 0 Å². The summed E-state index contributed by atoms with van der Waals surface area (Å²) >= 11 is 0. The van der Waals surface area contributed by atoms with E-state index in [1.807, 2.05) is 18.2 Å². The molecule has 1 aromatic rings. The predicted octanol–water partition coefficient (Wildman–Crippen LogP) is 1.78. The van der Waals surface area contributed by atoms with Crippen molar-refractivity contribution < 1.29 is 18.8 Å². The summed E-state index contributed by atoms with van der Waals surface area (Å²) in [5.74, 6) is -1.42. The van der Waals surface area contributed by atoms with Crippen molar-refractivity contribution in [2.75, 3.05) is 19.0 Å². The fourth-order valence-electron chi connectivity index (χ4n) is 2.23. The first kappa shape index (κ1) is 14.2. The maximum atomic E-state index is 12.3. The van der Waals surface area contributed by atoms with Crippen molar-refractivity contribution in [1.29, 1.82) is 0 Å². The van der Waals surface area contributed by atoms with Crippen molar-refractivity contribution in [3.63, 3.8) is 0 Å². The van der Waals surface area contributed by atoms with Crippen LogP contribution < -0.4 is 0 Å². The molecule has 2 rings (SSSR count). The molecule has 0 bridgehead atoms. The van der Waals surface area contributed by atoms with Gasteiger partial charge in [-0.15, -0.1) is 0 Å². The second kappa shape index (κ2) is 6.82. The molecule has 1 aromatic carbocycles. The van der Waals surface area contributed by atoms with Crippen LogP contribution in [-0.4, -0.2) is 39.5 Å². The van der Waals surface area contributed by atoms with E-state index in [0.717, 1.165) is 18.4 Å². The lowest BCUT2D eigenvalue weighted by Gasteiger charge is -2.23. The Morgan fingerprint density at radius 3 is 2.53 bits per heavy atom. The van der Waals surface area contributed by atoms with Crippen LogP contribution >= 0.6 is 0 Å². The molecular weight excluding hydrogens is 264 g/mol. The van der Waals surface area contributed by atoms with Gasteiger partial charge in [0, 0.05) is 35.0 Å². The topological polar surface area (TPSA) is 63.6 Å². The molecule has 1 aliphatic heterocycles. The van der Waals surface area contributed by atoms with Crippen LogP contribution in [0.5, 0.6) is 0 Å². The number of benzene rings is 1. The summed E-state index contributed by atoms with van der Waals surface area (Å²) in [6, 6.07) is 9.02. The normalized spacial score (nSPS) is 19.8. The Balaban J connectivity index is 2.04. The molecule has 0 radical (unpaired) electrons. The summed E-state index contributed by atoms with van der Waals surface area (Å²) in [6.07, 6.45) is 1.52. The van der Waals surface area contributed by atoms with Crippen molar-refractivity contribution >= 4 is 16.8 Å². The largest absolute Gasteiger partial charge is 0.481 e. The Labute approximate surface area is 115 Å². The van der Waals surface area contributed by atoms with Gasteiger partial charge in [-0.2, -0.15) is 0 Å². The van der Waals surface area contributed by atoms with Crippen LogP contribution in [0.2, 0.25) is 0 Å². The van der Waals surface area contributed by atoms with Crippen LogP contribution in [0.15, 0.2) is 30.3 Å².